The molecule has 0 saturated carbocycles. The molecule has 5 heteroatoms. The Balaban J connectivity index is 2.56. The predicted molar refractivity (Wildman–Crippen MR) is 63.9 cm³/mol. The van der Waals surface area contributed by atoms with Crippen molar-refractivity contribution in [1.82, 2.24) is 4.98 Å². The lowest BCUT2D eigenvalue weighted by Crippen LogP contribution is -2.07. The standard InChI is InChI=1S/C12H10N2O3/c1-8-7-9(4-5-11(8)14(16)17)10-3-2-6-13-12(10)15/h2-7H,1H3,(H,13,15). The van der Waals surface area contributed by atoms with Gasteiger partial charge in [0, 0.05) is 23.4 Å². The summed E-state index contributed by atoms with van der Waals surface area (Å²) in [6, 6.07) is 8.03. The third-order valence-electron chi connectivity index (χ3n) is 2.52. The van der Waals surface area contributed by atoms with Crippen LogP contribution >= 0.6 is 0 Å². The highest BCUT2D eigenvalue weighted by Crippen LogP contribution is 2.23. The van der Waals surface area contributed by atoms with E-state index in [0.717, 1.165) is 0 Å². The molecule has 0 aliphatic carbocycles. The highest BCUT2D eigenvalue weighted by molar-refractivity contribution is 5.65. The van der Waals surface area contributed by atoms with Gasteiger partial charge in [0.15, 0.2) is 0 Å². The first kappa shape index (κ1) is 11.1. The molecule has 5 nitrogen and oxygen atoms in total. The van der Waals surface area contributed by atoms with Gasteiger partial charge in [-0.25, -0.2) is 0 Å². The minimum atomic E-state index is -0.436. The van der Waals surface area contributed by atoms with Gasteiger partial charge >= 0.3 is 0 Å². The monoisotopic (exact) mass is 230 g/mol. The van der Waals surface area contributed by atoms with Crippen LogP contribution in [0.1, 0.15) is 5.56 Å². The number of benzene rings is 1. The lowest BCUT2D eigenvalue weighted by molar-refractivity contribution is -0.385. The van der Waals surface area contributed by atoms with Crippen molar-refractivity contribution in [2.24, 2.45) is 0 Å². The molecule has 0 saturated heterocycles. The van der Waals surface area contributed by atoms with Gasteiger partial charge in [0.05, 0.1) is 4.92 Å². The van der Waals surface area contributed by atoms with Crippen LogP contribution in [-0.2, 0) is 0 Å². The first-order valence-corrected chi connectivity index (χ1v) is 5.02. The smallest absolute Gasteiger partial charge is 0.272 e. The van der Waals surface area contributed by atoms with Crippen molar-refractivity contribution in [2.45, 2.75) is 6.92 Å². The molecule has 0 spiro atoms. The molecule has 0 aliphatic heterocycles. The topological polar surface area (TPSA) is 76.0 Å². The van der Waals surface area contributed by atoms with Gasteiger partial charge in [-0.1, -0.05) is 0 Å². The van der Waals surface area contributed by atoms with E-state index in [1.54, 1.807) is 37.4 Å². The maximum Gasteiger partial charge on any atom is 0.272 e. The molecular formula is C12H10N2O3. The fourth-order valence-electron chi connectivity index (χ4n) is 1.68. The van der Waals surface area contributed by atoms with E-state index in [1.165, 1.54) is 6.07 Å². The lowest BCUT2D eigenvalue weighted by atomic mass is 10.0. The summed E-state index contributed by atoms with van der Waals surface area (Å²) in [6.07, 6.45) is 1.55. The van der Waals surface area contributed by atoms with E-state index in [2.05, 4.69) is 4.98 Å². The van der Waals surface area contributed by atoms with Gasteiger partial charge in [-0.15, -0.1) is 0 Å². The fraction of sp³-hybridized carbons (Fsp3) is 0.0833. The number of nitro groups is 1. The number of aromatic nitrogens is 1. The van der Waals surface area contributed by atoms with Crippen LogP contribution in [0.4, 0.5) is 5.69 Å². The molecular weight excluding hydrogens is 220 g/mol. The van der Waals surface area contributed by atoms with Gasteiger partial charge in [-0.2, -0.15) is 0 Å². The molecule has 0 amide bonds. The first-order chi connectivity index (χ1) is 8.09. The van der Waals surface area contributed by atoms with Crippen LogP contribution in [0.3, 0.4) is 0 Å². The Morgan fingerprint density at radius 2 is 2.06 bits per heavy atom. The number of rotatable bonds is 2. The average Bonchev–Trinajstić information content (AvgIpc) is 2.29. The summed E-state index contributed by atoms with van der Waals surface area (Å²) in [5.41, 5.74) is 1.57. The van der Waals surface area contributed by atoms with Crippen LogP contribution < -0.4 is 5.56 Å². The average molecular weight is 230 g/mol. The van der Waals surface area contributed by atoms with Crippen LogP contribution in [0.5, 0.6) is 0 Å². The molecule has 1 aromatic heterocycles. The van der Waals surface area contributed by atoms with Crippen LogP contribution in [0, 0.1) is 17.0 Å². The highest BCUT2D eigenvalue weighted by Gasteiger charge is 2.11. The lowest BCUT2D eigenvalue weighted by Gasteiger charge is -2.02. The molecule has 1 heterocycles. The molecule has 0 radical (unpaired) electrons. The number of H-pyrrole nitrogens is 1. The summed E-state index contributed by atoms with van der Waals surface area (Å²) in [5, 5.41) is 10.7. The predicted octanol–water partition coefficient (Wildman–Crippen LogP) is 2.26. The number of nitro benzene ring substituents is 1. The van der Waals surface area contributed by atoms with E-state index in [4.69, 9.17) is 0 Å². The first-order valence-electron chi connectivity index (χ1n) is 5.02. The van der Waals surface area contributed by atoms with Crippen LogP contribution in [0.15, 0.2) is 41.3 Å². The number of pyridine rings is 1. The third-order valence-corrected chi connectivity index (χ3v) is 2.52. The second-order valence-corrected chi connectivity index (χ2v) is 3.67. The Kier molecular flexibility index (Phi) is 2.74. The molecule has 1 N–H and O–H groups in total. The molecule has 0 fully saturated rings. The zero-order valence-corrected chi connectivity index (χ0v) is 9.14. The molecule has 86 valence electrons. The van der Waals surface area contributed by atoms with E-state index in [0.29, 0.717) is 16.7 Å². The van der Waals surface area contributed by atoms with Gasteiger partial charge in [-0.3, -0.25) is 14.9 Å². The summed E-state index contributed by atoms with van der Waals surface area (Å²) in [6.45, 7) is 1.65. The van der Waals surface area contributed by atoms with Gasteiger partial charge in [0.1, 0.15) is 0 Å². The van der Waals surface area contributed by atoms with Gasteiger partial charge in [0.25, 0.3) is 11.2 Å². The highest BCUT2D eigenvalue weighted by atomic mass is 16.6. The van der Waals surface area contributed by atoms with Crippen molar-refractivity contribution >= 4 is 5.69 Å². The SMILES string of the molecule is Cc1cc(-c2ccc[nH]c2=O)ccc1[N+](=O)[O-]. The minimum absolute atomic E-state index is 0.0566. The molecule has 2 rings (SSSR count). The third kappa shape index (κ3) is 2.08. The number of nitrogens with one attached hydrogen (secondary N) is 1. The normalized spacial score (nSPS) is 10.2. The summed E-state index contributed by atoms with van der Waals surface area (Å²) < 4.78 is 0. The zero-order valence-electron chi connectivity index (χ0n) is 9.14. The Labute approximate surface area is 96.9 Å². The van der Waals surface area contributed by atoms with Crippen LogP contribution in [0.2, 0.25) is 0 Å². The van der Waals surface area contributed by atoms with Crippen molar-refractivity contribution in [3.8, 4) is 11.1 Å². The molecule has 2 aromatic rings. The largest absolute Gasteiger partial charge is 0.329 e. The number of hydrogen-bond acceptors (Lipinski definition) is 3. The summed E-state index contributed by atoms with van der Waals surface area (Å²) in [5.74, 6) is 0. The fourth-order valence-corrected chi connectivity index (χ4v) is 1.68. The molecule has 0 unspecified atom stereocenters. The van der Waals surface area contributed by atoms with E-state index >= 15 is 0 Å². The Bertz CT molecular complexity index is 632. The number of nitrogens with zero attached hydrogens (tertiary/aromatic N) is 1. The van der Waals surface area contributed by atoms with Crippen molar-refractivity contribution in [2.75, 3.05) is 0 Å². The number of aromatic amines is 1. The van der Waals surface area contributed by atoms with Crippen LogP contribution in [0.25, 0.3) is 11.1 Å². The second-order valence-electron chi connectivity index (χ2n) is 3.67. The maximum atomic E-state index is 11.6. The molecule has 17 heavy (non-hydrogen) atoms. The van der Waals surface area contributed by atoms with Crippen LogP contribution in [-0.4, -0.2) is 9.91 Å². The molecule has 0 atom stereocenters. The Hall–Kier alpha value is -2.43. The molecule has 0 bridgehead atoms. The van der Waals surface area contributed by atoms with Crippen molar-refractivity contribution in [3.05, 3.63) is 62.6 Å². The van der Waals surface area contributed by atoms with E-state index in [1.807, 2.05) is 0 Å². The van der Waals surface area contributed by atoms with E-state index in [-0.39, 0.29) is 11.2 Å². The van der Waals surface area contributed by atoms with Crippen molar-refractivity contribution in [3.63, 3.8) is 0 Å². The molecule has 1 aromatic carbocycles. The van der Waals surface area contributed by atoms with Gasteiger partial charge < -0.3 is 4.98 Å². The Morgan fingerprint density at radius 1 is 1.29 bits per heavy atom. The van der Waals surface area contributed by atoms with Crippen molar-refractivity contribution < 1.29 is 4.92 Å². The summed E-state index contributed by atoms with van der Waals surface area (Å²) in [7, 11) is 0. The quantitative estimate of drug-likeness (QED) is 0.635. The number of hydrogen-bond donors (Lipinski definition) is 1. The maximum absolute atomic E-state index is 11.6. The summed E-state index contributed by atoms with van der Waals surface area (Å²) >= 11 is 0. The summed E-state index contributed by atoms with van der Waals surface area (Å²) in [4.78, 5) is 24.4. The minimum Gasteiger partial charge on any atom is -0.329 e. The zero-order chi connectivity index (χ0) is 12.4. The van der Waals surface area contributed by atoms with Gasteiger partial charge in [-0.05, 0) is 36.8 Å². The van der Waals surface area contributed by atoms with Crippen molar-refractivity contribution in [1.29, 1.82) is 0 Å². The molecule has 0 aliphatic rings. The van der Waals surface area contributed by atoms with E-state index in [9.17, 15) is 14.9 Å². The van der Waals surface area contributed by atoms with Gasteiger partial charge in [0.2, 0.25) is 0 Å². The second kappa shape index (κ2) is 4.21. The number of aryl methyl sites for hydroxylation is 1. The Morgan fingerprint density at radius 3 is 2.65 bits per heavy atom. The van der Waals surface area contributed by atoms with E-state index < -0.39 is 4.92 Å².